The topological polar surface area (TPSA) is 85.0 Å². The van der Waals surface area contributed by atoms with Crippen molar-refractivity contribution in [3.8, 4) is 0 Å². The van der Waals surface area contributed by atoms with Gasteiger partial charge in [-0.3, -0.25) is 14.8 Å². The number of likely N-dealkylation sites (tertiary alicyclic amines) is 1. The summed E-state index contributed by atoms with van der Waals surface area (Å²) in [5.41, 5.74) is 3.41. The number of nitrogens with zero attached hydrogens (tertiary/aromatic N) is 5. The van der Waals surface area contributed by atoms with Crippen LogP contribution in [0.3, 0.4) is 0 Å². The molecule has 7 heteroatoms. The van der Waals surface area contributed by atoms with Gasteiger partial charge < -0.3 is 9.42 Å². The minimum absolute atomic E-state index is 0.00427. The lowest BCUT2D eigenvalue weighted by Gasteiger charge is -2.32. The van der Waals surface area contributed by atoms with E-state index < -0.39 is 0 Å². The largest absolute Gasteiger partial charge is 0.338 e. The van der Waals surface area contributed by atoms with Crippen LogP contribution in [0.15, 0.2) is 29.2 Å². The number of carbonyl (C=O) groups is 1. The van der Waals surface area contributed by atoms with Gasteiger partial charge in [-0.15, -0.1) is 0 Å². The van der Waals surface area contributed by atoms with E-state index in [1.54, 1.807) is 18.6 Å². The summed E-state index contributed by atoms with van der Waals surface area (Å²) in [4.78, 5) is 28.0. The Kier molecular flexibility index (Phi) is 3.91. The van der Waals surface area contributed by atoms with Crippen LogP contribution in [0.1, 0.15) is 46.2 Å². The highest BCUT2D eigenvalue weighted by atomic mass is 16.5. The van der Waals surface area contributed by atoms with Gasteiger partial charge in [0.05, 0.1) is 22.3 Å². The molecule has 0 aliphatic carbocycles. The van der Waals surface area contributed by atoms with E-state index in [1.807, 2.05) is 24.8 Å². The van der Waals surface area contributed by atoms with Crippen LogP contribution >= 0.6 is 0 Å². The molecule has 0 bridgehead atoms. The summed E-state index contributed by atoms with van der Waals surface area (Å²) >= 11 is 0. The predicted octanol–water partition coefficient (Wildman–Crippen LogP) is 2.65. The van der Waals surface area contributed by atoms with E-state index in [2.05, 4.69) is 20.1 Å². The Bertz CT molecular complexity index is 922. The van der Waals surface area contributed by atoms with E-state index in [-0.39, 0.29) is 11.8 Å². The van der Waals surface area contributed by atoms with Gasteiger partial charge in [-0.1, -0.05) is 5.16 Å². The first-order chi connectivity index (χ1) is 12.1. The second-order valence-corrected chi connectivity index (χ2v) is 6.48. The quantitative estimate of drug-likeness (QED) is 0.715. The summed E-state index contributed by atoms with van der Waals surface area (Å²) < 4.78 is 5.25. The van der Waals surface area contributed by atoms with Crippen molar-refractivity contribution in [1.82, 2.24) is 25.0 Å². The van der Waals surface area contributed by atoms with E-state index in [0.29, 0.717) is 28.9 Å². The number of pyridine rings is 1. The number of fused-ring (bicyclic) bond motifs is 1. The maximum atomic E-state index is 13.2. The standard InChI is InChI=1S/C18H19N5O2/c1-11-8-14(16-12(2)22-25-17(16)21-11)18(24)23-7-3-4-13(10-23)15-9-19-5-6-20-15/h5-6,8-9,13H,3-4,7,10H2,1-2H3. The van der Waals surface area contributed by atoms with Crippen LogP contribution in [0, 0.1) is 13.8 Å². The molecule has 1 amide bonds. The van der Waals surface area contributed by atoms with Gasteiger partial charge in [-0.2, -0.15) is 0 Å². The molecule has 0 aromatic carbocycles. The summed E-state index contributed by atoms with van der Waals surface area (Å²) in [5.74, 6) is 0.212. The zero-order chi connectivity index (χ0) is 17.4. The lowest BCUT2D eigenvalue weighted by atomic mass is 9.94. The maximum absolute atomic E-state index is 13.2. The van der Waals surface area contributed by atoms with E-state index in [9.17, 15) is 4.79 Å². The fourth-order valence-electron chi connectivity index (χ4n) is 3.48. The van der Waals surface area contributed by atoms with Crippen molar-refractivity contribution in [3.05, 3.63) is 47.3 Å². The Hall–Kier alpha value is -2.83. The maximum Gasteiger partial charge on any atom is 0.258 e. The monoisotopic (exact) mass is 337 g/mol. The molecule has 1 atom stereocenters. The molecule has 3 aromatic heterocycles. The number of aromatic nitrogens is 4. The smallest absolute Gasteiger partial charge is 0.258 e. The molecule has 4 rings (SSSR count). The number of carbonyl (C=O) groups excluding carboxylic acids is 1. The molecule has 4 heterocycles. The lowest BCUT2D eigenvalue weighted by molar-refractivity contribution is 0.0707. The van der Waals surface area contributed by atoms with Gasteiger partial charge >= 0.3 is 0 Å². The van der Waals surface area contributed by atoms with Crippen LogP contribution in [0.25, 0.3) is 11.1 Å². The number of hydrogen-bond acceptors (Lipinski definition) is 6. The molecule has 1 aliphatic heterocycles. The molecule has 1 fully saturated rings. The number of rotatable bonds is 2. The summed E-state index contributed by atoms with van der Waals surface area (Å²) in [5, 5.41) is 4.67. The van der Waals surface area contributed by atoms with Crippen molar-refractivity contribution in [2.45, 2.75) is 32.6 Å². The molecule has 1 aliphatic rings. The molecule has 128 valence electrons. The second kappa shape index (κ2) is 6.23. The number of aryl methyl sites for hydroxylation is 2. The fourth-order valence-corrected chi connectivity index (χ4v) is 3.48. The third-order valence-electron chi connectivity index (χ3n) is 4.69. The Balaban J connectivity index is 1.66. The van der Waals surface area contributed by atoms with E-state index in [0.717, 1.165) is 30.8 Å². The Morgan fingerprint density at radius 2 is 2.20 bits per heavy atom. The van der Waals surface area contributed by atoms with E-state index >= 15 is 0 Å². The molecule has 3 aromatic rings. The highest BCUT2D eigenvalue weighted by Gasteiger charge is 2.28. The highest BCUT2D eigenvalue weighted by Crippen LogP contribution is 2.28. The van der Waals surface area contributed by atoms with E-state index in [1.165, 1.54) is 0 Å². The molecule has 25 heavy (non-hydrogen) atoms. The molecule has 1 unspecified atom stereocenters. The van der Waals surface area contributed by atoms with Crippen molar-refractivity contribution in [2.24, 2.45) is 0 Å². The number of piperidine rings is 1. The Morgan fingerprint density at radius 3 is 3.00 bits per heavy atom. The predicted molar refractivity (Wildman–Crippen MR) is 91.2 cm³/mol. The first kappa shape index (κ1) is 15.7. The van der Waals surface area contributed by atoms with Gasteiger partial charge in [0.1, 0.15) is 0 Å². The third-order valence-corrected chi connectivity index (χ3v) is 4.69. The van der Waals surface area contributed by atoms with Crippen molar-refractivity contribution in [3.63, 3.8) is 0 Å². The Labute approximate surface area is 145 Å². The SMILES string of the molecule is Cc1cc(C(=O)N2CCCC(c3cnccn3)C2)c2c(C)noc2n1. The van der Waals surface area contributed by atoms with Gasteiger partial charge in [-0.05, 0) is 32.8 Å². The molecule has 0 N–H and O–H groups in total. The first-order valence-electron chi connectivity index (χ1n) is 8.42. The van der Waals surface area contributed by atoms with Gasteiger partial charge in [0, 0.05) is 43.3 Å². The fraction of sp³-hybridized carbons (Fsp3) is 0.389. The zero-order valence-corrected chi connectivity index (χ0v) is 14.3. The number of amides is 1. The average Bonchev–Trinajstić information content (AvgIpc) is 3.02. The molecule has 0 saturated carbocycles. The zero-order valence-electron chi connectivity index (χ0n) is 14.3. The first-order valence-corrected chi connectivity index (χ1v) is 8.42. The van der Waals surface area contributed by atoms with Gasteiger partial charge in [0.2, 0.25) is 0 Å². The minimum Gasteiger partial charge on any atom is -0.338 e. The summed E-state index contributed by atoms with van der Waals surface area (Å²) in [6.07, 6.45) is 7.12. The summed E-state index contributed by atoms with van der Waals surface area (Å²) in [7, 11) is 0. The van der Waals surface area contributed by atoms with Crippen LogP contribution in [-0.4, -0.2) is 44.0 Å². The van der Waals surface area contributed by atoms with Gasteiger partial charge in [0.15, 0.2) is 0 Å². The van der Waals surface area contributed by atoms with Crippen LogP contribution in [0.4, 0.5) is 0 Å². The molecule has 1 saturated heterocycles. The minimum atomic E-state index is -0.00427. The number of hydrogen-bond donors (Lipinski definition) is 0. The average molecular weight is 337 g/mol. The second-order valence-electron chi connectivity index (χ2n) is 6.48. The lowest BCUT2D eigenvalue weighted by Crippen LogP contribution is -2.39. The van der Waals surface area contributed by atoms with Crippen LogP contribution in [0.2, 0.25) is 0 Å². The van der Waals surface area contributed by atoms with Crippen molar-refractivity contribution in [1.29, 1.82) is 0 Å². The van der Waals surface area contributed by atoms with Crippen LogP contribution in [0.5, 0.6) is 0 Å². The summed E-state index contributed by atoms with van der Waals surface area (Å²) in [6, 6.07) is 1.82. The van der Waals surface area contributed by atoms with Crippen LogP contribution < -0.4 is 0 Å². The van der Waals surface area contributed by atoms with E-state index in [4.69, 9.17) is 4.52 Å². The van der Waals surface area contributed by atoms with Crippen molar-refractivity contribution in [2.75, 3.05) is 13.1 Å². The van der Waals surface area contributed by atoms with Crippen molar-refractivity contribution < 1.29 is 9.32 Å². The van der Waals surface area contributed by atoms with Crippen LogP contribution in [-0.2, 0) is 0 Å². The summed E-state index contributed by atoms with van der Waals surface area (Å²) in [6.45, 7) is 5.07. The molecular weight excluding hydrogens is 318 g/mol. The normalized spacial score (nSPS) is 17.8. The third kappa shape index (κ3) is 2.86. The van der Waals surface area contributed by atoms with Gasteiger partial charge in [0.25, 0.3) is 11.6 Å². The molecular formula is C18H19N5O2. The molecule has 7 nitrogen and oxygen atoms in total. The van der Waals surface area contributed by atoms with Gasteiger partial charge in [-0.25, -0.2) is 4.98 Å². The molecule has 0 spiro atoms. The Morgan fingerprint density at radius 1 is 1.32 bits per heavy atom. The van der Waals surface area contributed by atoms with Crippen molar-refractivity contribution >= 4 is 17.0 Å². The molecule has 0 radical (unpaired) electrons. The highest BCUT2D eigenvalue weighted by molar-refractivity contribution is 6.06.